The molecule has 1 fully saturated rings. The predicted molar refractivity (Wildman–Crippen MR) is 153 cm³/mol. The Morgan fingerprint density at radius 2 is 1.68 bits per heavy atom. The number of pyridine rings is 1. The molecule has 1 aliphatic heterocycles. The van der Waals surface area contributed by atoms with Crippen molar-refractivity contribution in [2.24, 2.45) is 0 Å². The maximum Gasteiger partial charge on any atom is 0.490 e. The van der Waals surface area contributed by atoms with E-state index in [9.17, 15) is 35.2 Å². The molecule has 2 aromatic heterocycles. The number of carboxylic acid groups (broad SMARTS) is 1. The van der Waals surface area contributed by atoms with Crippen LogP contribution in [-0.2, 0) is 14.8 Å². The van der Waals surface area contributed by atoms with Gasteiger partial charge in [0.15, 0.2) is 5.82 Å². The number of benzene rings is 3. The number of sulfonamides is 1. The first-order chi connectivity index (χ1) is 22.1. The fourth-order valence-corrected chi connectivity index (χ4v) is 5.40. The summed E-state index contributed by atoms with van der Waals surface area (Å²) in [5.41, 5.74) is -0.391. The van der Waals surface area contributed by atoms with Crippen molar-refractivity contribution in [3.63, 3.8) is 0 Å². The molecule has 0 aliphatic carbocycles. The van der Waals surface area contributed by atoms with Gasteiger partial charge in [0.1, 0.15) is 35.6 Å². The molecule has 0 saturated carbocycles. The molecule has 0 spiro atoms. The number of rotatable bonds is 7. The number of nitrogens with one attached hydrogen (secondary N) is 2. The van der Waals surface area contributed by atoms with Crippen LogP contribution >= 0.6 is 0 Å². The first-order valence-electron chi connectivity index (χ1n) is 13.2. The summed E-state index contributed by atoms with van der Waals surface area (Å²) in [4.78, 5) is 21.9. The number of carbonyl (C=O) groups is 1. The largest absolute Gasteiger partial charge is 0.490 e. The monoisotopic (exact) mass is 682 g/mol. The number of hydrogen-bond donors (Lipinski definition) is 3. The molecule has 3 heterocycles. The highest BCUT2D eigenvalue weighted by atomic mass is 32.2. The molecular weight excluding hydrogens is 662 g/mol. The van der Waals surface area contributed by atoms with Crippen LogP contribution < -0.4 is 20.3 Å². The molecule has 0 atom stereocenters. The fourth-order valence-electron chi connectivity index (χ4n) is 4.37. The molecule has 0 amide bonds. The summed E-state index contributed by atoms with van der Waals surface area (Å²) in [5, 5.41) is 14.1. The van der Waals surface area contributed by atoms with Crippen LogP contribution in [0.4, 0.5) is 32.2 Å². The van der Waals surface area contributed by atoms with Crippen LogP contribution in [0, 0.1) is 17.5 Å². The van der Waals surface area contributed by atoms with Crippen LogP contribution in [0.3, 0.4) is 0 Å². The Hall–Kier alpha value is -5.36. The van der Waals surface area contributed by atoms with Crippen molar-refractivity contribution < 1.29 is 53.9 Å². The Balaban J connectivity index is 0.000000559. The lowest BCUT2D eigenvalue weighted by atomic mass is 10.0. The van der Waals surface area contributed by atoms with Crippen LogP contribution in [0.25, 0.3) is 27.7 Å². The standard InChI is InChI=1S/C27H19F3N4O5S.C2HF3O2/c28-17-7-16(8-18(29)10-17)21-11-25(39-19-13-31-14-19)24(12-22(21)30)34-23-3-2-20(9-15(23)1-4-27(34)35)40(36,37)33-26-5-6-38-32-26;3-2(4,5)1(6)7/h1-12,19,31H,13-14H2,(H,32,33);(H,6,7). The van der Waals surface area contributed by atoms with Crippen LogP contribution in [-0.4, -0.2) is 54.6 Å². The third-order valence-corrected chi connectivity index (χ3v) is 7.95. The van der Waals surface area contributed by atoms with Gasteiger partial charge in [-0.15, -0.1) is 0 Å². The van der Waals surface area contributed by atoms with Crippen molar-refractivity contribution in [1.82, 2.24) is 15.0 Å². The number of aliphatic carboxylic acids is 1. The molecule has 6 rings (SSSR count). The summed E-state index contributed by atoms with van der Waals surface area (Å²) in [5.74, 6) is -5.26. The van der Waals surface area contributed by atoms with Crippen LogP contribution in [0.1, 0.15) is 0 Å². The minimum atomic E-state index is -5.08. The smallest absolute Gasteiger partial charge is 0.486 e. The SMILES string of the molecule is O=C(O)C(F)(F)F.O=c1ccc2cc(S(=O)(=O)Nc3ccon3)ccc2n1-c1cc(F)c(-c2cc(F)cc(F)c2)cc1OC1CNC1. The van der Waals surface area contributed by atoms with Crippen molar-refractivity contribution in [3.05, 3.63) is 101 Å². The van der Waals surface area contributed by atoms with Crippen molar-refractivity contribution in [1.29, 1.82) is 0 Å². The van der Waals surface area contributed by atoms with Crippen molar-refractivity contribution in [2.75, 3.05) is 17.8 Å². The topological polar surface area (TPSA) is 153 Å². The molecule has 246 valence electrons. The maximum atomic E-state index is 15.5. The molecule has 0 radical (unpaired) electrons. The number of fused-ring (bicyclic) bond motifs is 1. The second-order valence-electron chi connectivity index (χ2n) is 9.88. The molecule has 0 unspecified atom stereocenters. The third kappa shape index (κ3) is 7.39. The molecule has 1 aliphatic rings. The Labute approximate surface area is 260 Å². The van der Waals surface area contributed by atoms with E-state index in [0.29, 0.717) is 24.5 Å². The molecule has 47 heavy (non-hydrogen) atoms. The lowest BCUT2D eigenvalue weighted by Crippen LogP contribution is -2.50. The van der Waals surface area contributed by atoms with Crippen molar-refractivity contribution in [2.45, 2.75) is 17.2 Å². The minimum absolute atomic E-state index is 0.00825. The average Bonchev–Trinajstić information content (AvgIpc) is 3.47. The molecule has 5 aromatic rings. The highest BCUT2D eigenvalue weighted by Crippen LogP contribution is 2.35. The Morgan fingerprint density at radius 3 is 2.26 bits per heavy atom. The summed E-state index contributed by atoms with van der Waals surface area (Å²) < 4.78 is 115. The van der Waals surface area contributed by atoms with Gasteiger partial charge in [-0.2, -0.15) is 13.2 Å². The van der Waals surface area contributed by atoms with Crippen LogP contribution in [0.5, 0.6) is 5.75 Å². The number of alkyl halides is 3. The van der Waals surface area contributed by atoms with E-state index < -0.39 is 45.2 Å². The first-order valence-corrected chi connectivity index (χ1v) is 14.7. The van der Waals surface area contributed by atoms with Gasteiger partial charge < -0.3 is 19.7 Å². The van der Waals surface area contributed by atoms with Gasteiger partial charge in [0.05, 0.1) is 16.1 Å². The van der Waals surface area contributed by atoms with E-state index in [0.717, 1.165) is 18.2 Å². The lowest BCUT2D eigenvalue weighted by Gasteiger charge is -2.29. The lowest BCUT2D eigenvalue weighted by molar-refractivity contribution is -0.192. The van der Waals surface area contributed by atoms with Crippen LogP contribution in [0.2, 0.25) is 0 Å². The molecule has 18 heteroatoms. The molecule has 0 bridgehead atoms. The Bertz CT molecular complexity index is 2110. The van der Waals surface area contributed by atoms with Gasteiger partial charge in [-0.3, -0.25) is 14.1 Å². The van der Waals surface area contributed by atoms with E-state index >= 15 is 4.39 Å². The van der Waals surface area contributed by atoms with Crippen molar-refractivity contribution >= 4 is 32.7 Å². The van der Waals surface area contributed by atoms with E-state index in [2.05, 4.69) is 19.7 Å². The Kier molecular flexibility index (Phi) is 8.99. The molecule has 3 N–H and O–H groups in total. The van der Waals surface area contributed by atoms with Crippen LogP contribution in [0.15, 0.2) is 87.2 Å². The molecule has 3 aromatic carbocycles. The fraction of sp³-hybridized carbons (Fsp3) is 0.138. The zero-order chi connectivity index (χ0) is 34.1. The van der Waals surface area contributed by atoms with E-state index in [4.69, 9.17) is 14.6 Å². The molecule has 1 saturated heterocycles. The van der Waals surface area contributed by atoms with Gasteiger partial charge in [-0.05, 0) is 48.0 Å². The average molecular weight is 683 g/mol. The number of hydrogen-bond acceptors (Lipinski definition) is 8. The normalized spacial score (nSPS) is 13.4. The van der Waals surface area contributed by atoms with E-state index in [1.807, 2.05) is 0 Å². The van der Waals surface area contributed by atoms with Gasteiger partial charge in [0.2, 0.25) is 0 Å². The zero-order valence-electron chi connectivity index (χ0n) is 23.4. The molecular formula is C29H20F6N4O7S. The van der Waals surface area contributed by atoms with Gasteiger partial charge in [0.25, 0.3) is 15.6 Å². The summed E-state index contributed by atoms with van der Waals surface area (Å²) in [7, 11) is -4.04. The summed E-state index contributed by atoms with van der Waals surface area (Å²) >= 11 is 0. The van der Waals surface area contributed by atoms with E-state index in [1.54, 1.807) is 0 Å². The number of aromatic nitrogens is 2. The van der Waals surface area contributed by atoms with Crippen molar-refractivity contribution in [3.8, 4) is 22.6 Å². The predicted octanol–water partition coefficient (Wildman–Crippen LogP) is 4.85. The first kappa shape index (κ1) is 33.0. The number of halogens is 6. The second-order valence-corrected chi connectivity index (χ2v) is 11.6. The maximum absolute atomic E-state index is 15.5. The number of anilines is 1. The van der Waals surface area contributed by atoms with Gasteiger partial charge in [-0.1, -0.05) is 5.16 Å². The second kappa shape index (κ2) is 12.8. The highest BCUT2D eigenvalue weighted by molar-refractivity contribution is 7.92. The highest BCUT2D eigenvalue weighted by Gasteiger charge is 2.38. The third-order valence-electron chi connectivity index (χ3n) is 6.60. The Morgan fingerprint density at radius 1 is 1.00 bits per heavy atom. The summed E-state index contributed by atoms with van der Waals surface area (Å²) in [6.07, 6.45) is -4.16. The van der Waals surface area contributed by atoms with Gasteiger partial charge in [0, 0.05) is 48.3 Å². The van der Waals surface area contributed by atoms with Gasteiger partial charge in [-0.25, -0.2) is 26.4 Å². The van der Waals surface area contributed by atoms with E-state index in [1.165, 1.54) is 53.3 Å². The minimum Gasteiger partial charge on any atom is -0.486 e. The number of carboxylic acids is 1. The quantitative estimate of drug-likeness (QED) is 0.205. The number of nitrogens with zero attached hydrogens (tertiary/aromatic N) is 2. The van der Waals surface area contributed by atoms with Gasteiger partial charge >= 0.3 is 12.1 Å². The summed E-state index contributed by atoms with van der Waals surface area (Å²) in [6, 6.07) is 13.1. The summed E-state index contributed by atoms with van der Waals surface area (Å²) in [6.45, 7) is 1.01. The molecule has 11 nitrogen and oxygen atoms in total. The number of ether oxygens (including phenoxy) is 1. The van der Waals surface area contributed by atoms with E-state index in [-0.39, 0.29) is 44.9 Å². The zero-order valence-corrected chi connectivity index (χ0v) is 24.2.